The molecule has 2 aromatic carbocycles. The van der Waals surface area contributed by atoms with Crippen molar-refractivity contribution in [3.05, 3.63) is 65.7 Å². The van der Waals surface area contributed by atoms with Crippen molar-refractivity contribution in [3.8, 4) is 5.75 Å². The van der Waals surface area contributed by atoms with E-state index in [2.05, 4.69) is 6.92 Å². The number of ether oxygens (including phenoxy) is 1. The van der Waals surface area contributed by atoms with Crippen LogP contribution in [0.4, 0.5) is 0 Å². The second kappa shape index (κ2) is 8.00. The topological polar surface area (TPSA) is 29.5 Å². The van der Waals surface area contributed by atoms with Crippen LogP contribution in [0.1, 0.15) is 48.5 Å². The average molecular weight is 323 g/mol. The van der Waals surface area contributed by atoms with E-state index in [1.165, 1.54) is 12.8 Å². The normalized spacial score (nSPS) is 14.5. The Morgan fingerprint density at radius 2 is 1.71 bits per heavy atom. The van der Waals surface area contributed by atoms with E-state index in [0.29, 0.717) is 12.6 Å². The molecule has 1 fully saturated rings. The van der Waals surface area contributed by atoms with Crippen molar-refractivity contribution in [1.29, 1.82) is 0 Å². The van der Waals surface area contributed by atoms with Gasteiger partial charge in [0.2, 0.25) is 0 Å². The number of rotatable bonds is 6. The third-order valence-electron chi connectivity index (χ3n) is 4.72. The highest BCUT2D eigenvalue weighted by atomic mass is 16.5. The van der Waals surface area contributed by atoms with Gasteiger partial charge in [0.1, 0.15) is 12.4 Å². The minimum atomic E-state index is 0.153. The Bertz CT molecular complexity index is 645. The smallest absolute Gasteiger partial charge is 0.254 e. The van der Waals surface area contributed by atoms with Crippen LogP contribution >= 0.6 is 0 Å². The number of nitrogens with zero attached hydrogens (tertiary/aromatic N) is 1. The summed E-state index contributed by atoms with van der Waals surface area (Å²) in [5, 5.41) is 0. The average Bonchev–Trinajstić information content (AvgIpc) is 3.16. The van der Waals surface area contributed by atoms with Crippen LogP contribution in [-0.2, 0) is 6.61 Å². The highest BCUT2D eigenvalue weighted by Crippen LogP contribution is 2.25. The zero-order valence-electron chi connectivity index (χ0n) is 14.3. The van der Waals surface area contributed by atoms with Gasteiger partial charge in [-0.2, -0.15) is 0 Å². The van der Waals surface area contributed by atoms with Crippen molar-refractivity contribution in [1.82, 2.24) is 4.90 Å². The highest BCUT2D eigenvalue weighted by Gasteiger charge is 2.25. The third kappa shape index (κ3) is 3.97. The number of benzene rings is 2. The standard InChI is InChI=1S/C21H25NO2/c1-2-22(19-8-6-7-9-19)21(23)18-14-12-17(13-15-18)16-24-20-10-4-3-5-11-20/h3-5,10-15,19H,2,6-9,16H2,1H3. The maximum absolute atomic E-state index is 12.7. The van der Waals surface area contributed by atoms with E-state index >= 15 is 0 Å². The first kappa shape index (κ1) is 16.6. The summed E-state index contributed by atoms with van der Waals surface area (Å²) >= 11 is 0. The molecule has 3 heteroatoms. The molecule has 2 aromatic rings. The molecule has 126 valence electrons. The quantitative estimate of drug-likeness (QED) is 0.773. The highest BCUT2D eigenvalue weighted by molar-refractivity contribution is 5.94. The summed E-state index contributed by atoms with van der Waals surface area (Å²) in [5.41, 5.74) is 1.84. The van der Waals surface area contributed by atoms with E-state index in [-0.39, 0.29) is 5.91 Å². The van der Waals surface area contributed by atoms with Crippen molar-refractivity contribution in [2.24, 2.45) is 0 Å². The maximum atomic E-state index is 12.7. The van der Waals surface area contributed by atoms with Gasteiger partial charge in [-0.25, -0.2) is 0 Å². The first-order chi connectivity index (χ1) is 11.8. The van der Waals surface area contributed by atoms with Crippen LogP contribution in [0.25, 0.3) is 0 Å². The molecule has 1 amide bonds. The molecule has 0 atom stereocenters. The number of carbonyl (C=O) groups is 1. The monoisotopic (exact) mass is 323 g/mol. The molecule has 0 aliphatic heterocycles. The molecule has 0 unspecified atom stereocenters. The van der Waals surface area contributed by atoms with Gasteiger partial charge in [-0.1, -0.05) is 43.2 Å². The zero-order valence-corrected chi connectivity index (χ0v) is 14.3. The molecule has 0 bridgehead atoms. The zero-order chi connectivity index (χ0) is 16.8. The van der Waals surface area contributed by atoms with Gasteiger partial charge in [0.25, 0.3) is 5.91 Å². The number of para-hydroxylation sites is 1. The molecule has 0 N–H and O–H groups in total. The molecule has 0 aromatic heterocycles. The van der Waals surface area contributed by atoms with Gasteiger partial charge in [-0.3, -0.25) is 4.79 Å². The number of hydrogen-bond donors (Lipinski definition) is 0. The van der Waals surface area contributed by atoms with E-state index in [1.807, 2.05) is 59.5 Å². The second-order valence-electron chi connectivity index (χ2n) is 6.33. The number of amides is 1. The first-order valence-electron chi connectivity index (χ1n) is 8.85. The fourth-order valence-corrected chi connectivity index (χ4v) is 3.38. The Kier molecular flexibility index (Phi) is 5.52. The van der Waals surface area contributed by atoms with Crippen molar-refractivity contribution in [2.75, 3.05) is 6.54 Å². The minimum absolute atomic E-state index is 0.153. The Labute approximate surface area is 144 Å². The molecule has 0 heterocycles. The van der Waals surface area contributed by atoms with Crippen molar-refractivity contribution in [2.45, 2.75) is 45.3 Å². The summed E-state index contributed by atoms with van der Waals surface area (Å²) in [6.45, 7) is 3.36. The predicted octanol–water partition coefficient (Wildman–Crippen LogP) is 4.67. The summed E-state index contributed by atoms with van der Waals surface area (Å²) in [6, 6.07) is 18.0. The SMILES string of the molecule is CCN(C(=O)c1ccc(COc2ccccc2)cc1)C1CCCC1. The van der Waals surface area contributed by atoms with E-state index in [1.54, 1.807) is 0 Å². The van der Waals surface area contributed by atoms with Crippen LogP contribution < -0.4 is 4.74 Å². The Balaban J connectivity index is 1.61. The summed E-state index contributed by atoms with van der Waals surface area (Å²) in [6.07, 6.45) is 4.76. The van der Waals surface area contributed by atoms with E-state index < -0.39 is 0 Å². The predicted molar refractivity (Wildman–Crippen MR) is 96.2 cm³/mol. The van der Waals surface area contributed by atoms with Gasteiger partial charge in [0, 0.05) is 18.2 Å². The lowest BCUT2D eigenvalue weighted by Gasteiger charge is -2.27. The second-order valence-corrected chi connectivity index (χ2v) is 6.33. The Hall–Kier alpha value is -2.29. The van der Waals surface area contributed by atoms with Crippen LogP contribution in [0.5, 0.6) is 5.75 Å². The number of hydrogen-bond acceptors (Lipinski definition) is 2. The summed E-state index contributed by atoms with van der Waals surface area (Å²) in [5.74, 6) is 1.01. The van der Waals surface area contributed by atoms with E-state index in [9.17, 15) is 4.79 Å². The lowest BCUT2D eigenvalue weighted by Crippen LogP contribution is -2.38. The Morgan fingerprint density at radius 3 is 2.33 bits per heavy atom. The lowest BCUT2D eigenvalue weighted by molar-refractivity contribution is 0.0693. The van der Waals surface area contributed by atoms with Gasteiger partial charge in [-0.15, -0.1) is 0 Å². The maximum Gasteiger partial charge on any atom is 0.254 e. The molecule has 24 heavy (non-hydrogen) atoms. The van der Waals surface area contributed by atoms with Gasteiger partial charge in [-0.05, 0) is 49.6 Å². The van der Waals surface area contributed by atoms with Crippen LogP contribution in [0.15, 0.2) is 54.6 Å². The first-order valence-corrected chi connectivity index (χ1v) is 8.85. The molecule has 0 radical (unpaired) electrons. The van der Waals surface area contributed by atoms with Gasteiger partial charge >= 0.3 is 0 Å². The van der Waals surface area contributed by atoms with Crippen LogP contribution in [-0.4, -0.2) is 23.4 Å². The fourth-order valence-electron chi connectivity index (χ4n) is 3.38. The molecule has 3 rings (SSSR count). The lowest BCUT2D eigenvalue weighted by atomic mass is 10.1. The van der Waals surface area contributed by atoms with Gasteiger partial charge in [0.05, 0.1) is 0 Å². The van der Waals surface area contributed by atoms with Crippen molar-refractivity contribution < 1.29 is 9.53 Å². The molecule has 1 aliphatic carbocycles. The molecule has 1 aliphatic rings. The van der Waals surface area contributed by atoms with Crippen LogP contribution in [0, 0.1) is 0 Å². The largest absolute Gasteiger partial charge is 0.489 e. The molecule has 0 spiro atoms. The van der Waals surface area contributed by atoms with E-state index in [4.69, 9.17) is 4.74 Å². The van der Waals surface area contributed by atoms with Crippen LogP contribution in [0.3, 0.4) is 0 Å². The minimum Gasteiger partial charge on any atom is -0.489 e. The Morgan fingerprint density at radius 1 is 1.04 bits per heavy atom. The molecule has 1 saturated carbocycles. The third-order valence-corrected chi connectivity index (χ3v) is 4.72. The van der Waals surface area contributed by atoms with Gasteiger partial charge in [0.15, 0.2) is 0 Å². The summed E-state index contributed by atoms with van der Waals surface area (Å²) in [4.78, 5) is 14.8. The molecule has 3 nitrogen and oxygen atoms in total. The van der Waals surface area contributed by atoms with Crippen molar-refractivity contribution in [3.63, 3.8) is 0 Å². The molecule has 0 saturated heterocycles. The van der Waals surface area contributed by atoms with Crippen LogP contribution in [0.2, 0.25) is 0 Å². The molecular weight excluding hydrogens is 298 g/mol. The summed E-state index contributed by atoms with van der Waals surface area (Å²) in [7, 11) is 0. The molecular formula is C21H25NO2. The van der Waals surface area contributed by atoms with Gasteiger partial charge < -0.3 is 9.64 Å². The van der Waals surface area contributed by atoms with Crippen molar-refractivity contribution >= 4 is 5.91 Å². The summed E-state index contributed by atoms with van der Waals surface area (Å²) < 4.78 is 5.75. The van der Waals surface area contributed by atoms with E-state index in [0.717, 1.165) is 36.3 Å². The fraction of sp³-hybridized carbons (Fsp3) is 0.381. The number of carbonyl (C=O) groups excluding carboxylic acids is 1.